The van der Waals surface area contributed by atoms with Crippen LogP contribution in [0.15, 0.2) is 24.3 Å². The Morgan fingerprint density at radius 1 is 1.06 bits per heavy atom. The number of carboxylic acids is 1. The Morgan fingerprint density at radius 2 is 1.75 bits per heavy atom. The Morgan fingerprint density at radius 3 is 2.31 bits per heavy atom. The second-order valence-corrected chi connectivity index (χ2v) is 8.38. The molecular formula is C22H32N4O6. The van der Waals surface area contributed by atoms with E-state index in [1.54, 1.807) is 12.1 Å². The van der Waals surface area contributed by atoms with E-state index in [-0.39, 0.29) is 30.0 Å². The smallest absolute Gasteiger partial charge is 0.322 e. The molecule has 10 nitrogen and oxygen atoms in total. The van der Waals surface area contributed by atoms with Crippen LogP contribution in [0.25, 0.3) is 0 Å². The van der Waals surface area contributed by atoms with Crippen molar-refractivity contribution in [1.82, 2.24) is 21.3 Å². The molecule has 1 aromatic carbocycles. The van der Waals surface area contributed by atoms with Gasteiger partial charge < -0.3 is 31.5 Å². The van der Waals surface area contributed by atoms with Gasteiger partial charge >= 0.3 is 5.97 Å². The summed E-state index contributed by atoms with van der Waals surface area (Å²) < 4.78 is 0. The number of amides is 3. The Labute approximate surface area is 187 Å². The SMILES string of the molecule is CC(C)CC(NC(=O)C1CCCN1)C(=O)NC(Cc1ccc(O)cc1)C(=O)NCC(=O)O. The van der Waals surface area contributed by atoms with Gasteiger partial charge in [0.2, 0.25) is 17.7 Å². The van der Waals surface area contributed by atoms with Crippen molar-refractivity contribution < 1.29 is 29.4 Å². The van der Waals surface area contributed by atoms with E-state index in [1.807, 2.05) is 13.8 Å². The number of rotatable bonds is 11. The summed E-state index contributed by atoms with van der Waals surface area (Å²) in [5.74, 6) is -2.46. The molecule has 10 heteroatoms. The van der Waals surface area contributed by atoms with Crippen molar-refractivity contribution in [1.29, 1.82) is 0 Å². The summed E-state index contributed by atoms with van der Waals surface area (Å²) in [5, 5.41) is 29.1. The van der Waals surface area contributed by atoms with Crippen molar-refractivity contribution in [3.8, 4) is 5.75 Å². The maximum atomic E-state index is 13.0. The molecule has 1 saturated heterocycles. The first-order valence-electron chi connectivity index (χ1n) is 10.8. The summed E-state index contributed by atoms with van der Waals surface area (Å²) in [6.07, 6.45) is 2.05. The monoisotopic (exact) mass is 448 g/mol. The summed E-state index contributed by atoms with van der Waals surface area (Å²) in [7, 11) is 0. The fourth-order valence-electron chi connectivity index (χ4n) is 3.52. The zero-order valence-corrected chi connectivity index (χ0v) is 18.4. The number of carbonyl (C=O) groups is 4. The van der Waals surface area contributed by atoms with Gasteiger partial charge in [0, 0.05) is 6.42 Å². The number of phenolic OH excluding ortho intramolecular Hbond substituents is 1. The molecule has 0 bridgehead atoms. The van der Waals surface area contributed by atoms with Gasteiger partial charge in [0.1, 0.15) is 24.4 Å². The third kappa shape index (κ3) is 8.18. The van der Waals surface area contributed by atoms with Gasteiger partial charge in [0.15, 0.2) is 0 Å². The van der Waals surface area contributed by atoms with Crippen LogP contribution in [0, 0.1) is 5.92 Å². The van der Waals surface area contributed by atoms with Crippen LogP contribution in [0.5, 0.6) is 5.75 Å². The molecular weight excluding hydrogens is 416 g/mol. The van der Waals surface area contributed by atoms with Crippen molar-refractivity contribution >= 4 is 23.7 Å². The van der Waals surface area contributed by atoms with Crippen molar-refractivity contribution in [2.75, 3.05) is 13.1 Å². The summed E-state index contributed by atoms with van der Waals surface area (Å²) in [6.45, 7) is 4.01. The fraction of sp³-hybridized carbons (Fsp3) is 0.545. The van der Waals surface area contributed by atoms with Crippen molar-refractivity contribution in [2.24, 2.45) is 5.92 Å². The molecule has 1 fully saturated rings. The minimum absolute atomic E-state index is 0.0601. The molecule has 6 N–H and O–H groups in total. The molecule has 3 unspecified atom stereocenters. The first kappa shape index (κ1) is 25.1. The number of nitrogens with one attached hydrogen (secondary N) is 4. The molecule has 0 spiro atoms. The highest BCUT2D eigenvalue weighted by atomic mass is 16.4. The fourth-order valence-corrected chi connectivity index (χ4v) is 3.52. The van der Waals surface area contributed by atoms with Crippen LogP contribution in [0.3, 0.4) is 0 Å². The number of aliphatic carboxylic acids is 1. The lowest BCUT2D eigenvalue weighted by molar-refractivity contribution is -0.138. The van der Waals surface area contributed by atoms with E-state index in [0.717, 1.165) is 13.0 Å². The molecule has 1 aliphatic rings. The van der Waals surface area contributed by atoms with E-state index in [9.17, 15) is 24.3 Å². The molecule has 1 heterocycles. The zero-order valence-electron chi connectivity index (χ0n) is 18.4. The molecule has 176 valence electrons. The lowest BCUT2D eigenvalue weighted by Gasteiger charge is -2.25. The largest absolute Gasteiger partial charge is 0.508 e. The number of aromatic hydroxyl groups is 1. The molecule has 3 amide bonds. The summed E-state index contributed by atoms with van der Waals surface area (Å²) in [4.78, 5) is 49.0. The number of hydrogen-bond acceptors (Lipinski definition) is 6. The minimum Gasteiger partial charge on any atom is -0.508 e. The van der Waals surface area contributed by atoms with Gasteiger partial charge in [-0.25, -0.2) is 0 Å². The minimum atomic E-state index is -1.21. The summed E-state index contributed by atoms with van der Waals surface area (Å²) in [6, 6.07) is 3.90. The van der Waals surface area contributed by atoms with Crippen molar-refractivity contribution in [3.63, 3.8) is 0 Å². The summed E-state index contributed by atoms with van der Waals surface area (Å²) in [5.41, 5.74) is 0.665. The second-order valence-electron chi connectivity index (χ2n) is 8.38. The van der Waals surface area contributed by atoms with Crippen LogP contribution in [-0.4, -0.2) is 65.1 Å². The van der Waals surface area contributed by atoms with E-state index in [0.29, 0.717) is 18.4 Å². The predicted molar refractivity (Wildman–Crippen MR) is 117 cm³/mol. The maximum absolute atomic E-state index is 13.0. The highest BCUT2D eigenvalue weighted by Crippen LogP contribution is 2.13. The first-order valence-corrected chi connectivity index (χ1v) is 10.8. The number of carboxylic acid groups (broad SMARTS) is 1. The molecule has 32 heavy (non-hydrogen) atoms. The van der Waals surface area contributed by atoms with Gasteiger partial charge in [-0.15, -0.1) is 0 Å². The first-order chi connectivity index (χ1) is 15.2. The third-order valence-corrected chi connectivity index (χ3v) is 5.14. The predicted octanol–water partition coefficient (Wildman–Crippen LogP) is -0.0968. The molecule has 2 rings (SSSR count). The van der Waals surface area contributed by atoms with Gasteiger partial charge in [-0.1, -0.05) is 26.0 Å². The molecule has 0 saturated carbocycles. The highest BCUT2D eigenvalue weighted by Gasteiger charge is 2.30. The Hall–Kier alpha value is -3.14. The third-order valence-electron chi connectivity index (χ3n) is 5.14. The average Bonchev–Trinajstić information content (AvgIpc) is 3.27. The van der Waals surface area contributed by atoms with E-state index < -0.39 is 36.4 Å². The maximum Gasteiger partial charge on any atom is 0.322 e. The van der Waals surface area contributed by atoms with Gasteiger partial charge in [0.25, 0.3) is 0 Å². The van der Waals surface area contributed by atoms with E-state index in [2.05, 4.69) is 21.3 Å². The standard InChI is InChI=1S/C22H32N4O6/c1-13(2)10-17(25-21(31)16-4-3-9-23-16)22(32)26-18(20(30)24-12-19(28)29)11-14-5-7-15(27)8-6-14/h5-8,13,16-18,23,27H,3-4,9-12H2,1-2H3,(H,24,30)(H,25,31)(H,26,32)(H,28,29). The van der Waals surface area contributed by atoms with Crippen molar-refractivity contribution in [3.05, 3.63) is 29.8 Å². The average molecular weight is 449 g/mol. The van der Waals surface area contributed by atoms with Gasteiger partial charge in [0.05, 0.1) is 6.04 Å². The molecule has 3 atom stereocenters. The molecule has 1 aromatic rings. The Balaban J connectivity index is 2.13. The van der Waals surface area contributed by atoms with Crippen molar-refractivity contribution in [2.45, 2.75) is 57.7 Å². The van der Waals surface area contributed by atoms with Crippen LogP contribution < -0.4 is 21.3 Å². The Bertz CT molecular complexity index is 805. The molecule has 0 radical (unpaired) electrons. The Kier molecular flexibility index (Phi) is 9.45. The van der Waals surface area contributed by atoms with Crippen LogP contribution in [-0.2, 0) is 25.6 Å². The summed E-state index contributed by atoms with van der Waals surface area (Å²) >= 11 is 0. The van der Waals surface area contributed by atoms with Gasteiger partial charge in [-0.05, 0) is 49.4 Å². The van der Waals surface area contributed by atoms with E-state index >= 15 is 0 Å². The highest BCUT2D eigenvalue weighted by molar-refractivity contribution is 5.93. The number of benzene rings is 1. The quantitative estimate of drug-likeness (QED) is 0.276. The van der Waals surface area contributed by atoms with Gasteiger partial charge in [-0.3, -0.25) is 19.2 Å². The lowest BCUT2D eigenvalue weighted by Crippen LogP contribution is -2.56. The molecule has 1 aliphatic heterocycles. The van der Waals surface area contributed by atoms with E-state index in [4.69, 9.17) is 5.11 Å². The van der Waals surface area contributed by atoms with Crippen LogP contribution in [0.1, 0.15) is 38.7 Å². The second kappa shape index (κ2) is 12.0. The lowest BCUT2D eigenvalue weighted by atomic mass is 10.0. The number of carbonyl (C=O) groups excluding carboxylic acids is 3. The van der Waals surface area contributed by atoms with Crippen LogP contribution in [0.2, 0.25) is 0 Å². The number of hydrogen-bond donors (Lipinski definition) is 6. The van der Waals surface area contributed by atoms with E-state index in [1.165, 1.54) is 12.1 Å². The molecule has 0 aromatic heterocycles. The number of phenols is 1. The van der Waals surface area contributed by atoms with Crippen LogP contribution >= 0.6 is 0 Å². The molecule has 0 aliphatic carbocycles. The van der Waals surface area contributed by atoms with Crippen LogP contribution in [0.4, 0.5) is 0 Å². The topological polar surface area (TPSA) is 157 Å². The zero-order chi connectivity index (χ0) is 23.7. The normalized spacial score (nSPS) is 17.4. The van der Waals surface area contributed by atoms with Gasteiger partial charge in [-0.2, -0.15) is 0 Å².